The fourth-order valence-electron chi connectivity index (χ4n) is 4.30. The van der Waals surface area contributed by atoms with Gasteiger partial charge < -0.3 is 15.6 Å². The van der Waals surface area contributed by atoms with Crippen LogP contribution in [0.4, 0.5) is 0 Å². The molecule has 1 atom stereocenters. The summed E-state index contributed by atoms with van der Waals surface area (Å²) >= 11 is 0. The van der Waals surface area contributed by atoms with Crippen molar-refractivity contribution in [1.82, 2.24) is 0 Å². The third-order valence-electron chi connectivity index (χ3n) is 6.20. The van der Waals surface area contributed by atoms with Gasteiger partial charge in [-0.25, -0.2) is 4.48 Å². The van der Waals surface area contributed by atoms with Gasteiger partial charge in [0.2, 0.25) is 5.84 Å². The topological polar surface area (TPSA) is 78.5 Å². The van der Waals surface area contributed by atoms with Crippen LogP contribution >= 0.6 is 0 Å². The van der Waals surface area contributed by atoms with E-state index in [1.807, 2.05) is 6.08 Å². The molecule has 0 aliphatic carbocycles. The molecule has 1 rings (SSSR count). The maximum absolute atomic E-state index is 11.1. The molecule has 31 heavy (non-hydrogen) atoms. The molecule has 0 aromatic heterocycles. The molecule has 1 aliphatic heterocycles. The number of amidine groups is 1. The zero-order valence-corrected chi connectivity index (χ0v) is 20.0. The number of nitrogens with two attached hydrogens (primary N) is 1. The van der Waals surface area contributed by atoms with Gasteiger partial charge in [-0.05, 0) is 12.8 Å². The van der Waals surface area contributed by atoms with Gasteiger partial charge in [-0.2, -0.15) is 4.99 Å². The predicted molar refractivity (Wildman–Crippen MR) is 129 cm³/mol. The number of carbonyl (C=O) groups excluding carboxylic acids is 1. The van der Waals surface area contributed by atoms with Crippen molar-refractivity contribution in [3.8, 4) is 0 Å². The van der Waals surface area contributed by atoms with E-state index < -0.39 is 5.97 Å². The van der Waals surface area contributed by atoms with Crippen LogP contribution in [-0.2, 0) is 4.79 Å². The van der Waals surface area contributed by atoms with Gasteiger partial charge in [0, 0.05) is 12.6 Å². The Labute approximate surface area is 191 Å². The Morgan fingerprint density at radius 3 is 1.94 bits per heavy atom. The third kappa shape index (κ3) is 12.9. The van der Waals surface area contributed by atoms with E-state index in [0.717, 1.165) is 12.3 Å². The Morgan fingerprint density at radius 2 is 1.45 bits per heavy atom. The summed E-state index contributed by atoms with van der Waals surface area (Å²) in [5, 5.41) is 11.1. The number of aliphatic imine (C=N–C) groups is 1. The highest BCUT2D eigenvalue weighted by Crippen LogP contribution is 2.18. The first-order valence-electron chi connectivity index (χ1n) is 12.8. The first-order valence-corrected chi connectivity index (χ1v) is 12.8. The average molecular weight is 434 g/mol. The summed E-state index contributed by atoms with van der Waals surface area (Å²) in [6.45, 7) is 3.09. The lowest BCUT2D eigenvalue weighted by Crippen LogP contribution is -2.54. The average Bonchev–Trinajstić information content (AvgIpc) is 3.11. The van der Waals surface area contributed by atoms with Crippen LogP contribution in [0.15, 0.2) is 29.5 Å². The zero-order chi connectivity index (χ0) is 22.6. The molecule has 1 unspecified atom stereocenters. The molecular formula is C26H47N3O2. The van der Waals surface area contributed by atoms with Crippen LogP contribution in [-0.4, -0.2) is 35.9 Å². The number of carboxylic acids is 1. The molecular weight excluding hydrogens is 386 g/mol. The maximum atomic E-state index is 11.1. The number of rotatable bonds is 21. The van der Waals surface area contributed by atoms with E-state index in [9.17, 15) is 9.90 Å². The highest BCUT2D eigenvalue weighted by atomic mass is 16.4. The fraction of sp³-hybridized carbons (Fsp3) is 0.769. The van der Waals surface area contributed by atoms with E-state index >= 15 is 0 Å². The van der Waals surface area contributed by atoms with Crippen molar-refractivity contribution in [3.63, 3.8) is 0 Å². The second-order valence-electron chi connectivity index (χ2n) is 9.00. The summed E-state index contributed by atoms with van der Waals surface area (Å²) < 4.78 is 0.161. The van der Waals surface area contributed by atoms with Crippen LogP contribution in [0.2, 0.25) is 0 Å². The lowest BCUT2D eigenvalue weighted by molar-refractivity contribution is -0.778. The fourth-order valence-corrected chi connectivity index (χ4v) is 4.30. The molecule has 1 heterocycles. The van der Waals surface area contributed by atoms with Gasteiger partial charge in [0.15, 0.2) is 0 Å². The van der Waals surface area contributed by atoms with Crippen molar-refractivity contribution in [1.29, 1.82) is 0 Å². The number of unbranched alkanes of at least 4 members (excludes halogenated alkanes) is 15. The molecule has 0 saturated carbocycles. The molecule has 0 amide bonds. The van der Waals surface area contributed by atoms with E-state index in [1.54, 1.807) is 12.4 Å². The van der Waals surface area contributed by atoms with Crippen LogP contribution in [0.5, 0.6) is 0 Å². The highest BCUT2D eigenvalue weighted by Gasteiger charge is 2.33. The summed E-state index contributed by atoms with van der Waals surface area (Å²) in [5.41, 5.74) is 5.68. The van der Waals surface area contributed by atoms with E-state index in [-0.39, 0.29) is 11.0 Å². The normalized spacial score (nSPS) is 18.2. The summed E-state index contributed by atoms with van der Waals surface area (Å²) in [4.78, 5) is 15.5. The van der Waals surface area contributed by atoms with Crippen LogP contribution < -0.4 is 10.8 Å². The summed E-state index contributed by atoms with van der Waals surface area (Å²) in [7, 11) is 0. The maximum Gasteiger partial charge on any atom is 0.232 e. The molecule has 1 aliphatic rings. The summed E-state index contributed by atoms with van der Waals surface area (Å²) in [5.74, 6) is -0.334. The summed E-state index contributed by atoms with van der Waals surface area (Å²) in [6.07, 6.45) is 29.1. The summed E-state index contributed by atoms with van der Waals surface area (Å²) in [6, 6.07) is 0. The Kier molecular flexibility index (Phi) is 16.1. The van der Waals surface area contributed by atoms with Crippen molar-refractivity contribution < 1.29 is 14.4 Å². The number of hydrogen-bond donors (Lipinski definition) is 1. The van der Waals surface area contributed by atoms with Crippen LogP contribution in [0.25, 0.3) is 0 Å². The van der Waals surface area contributed by atoms with Gasteiger partial charge >= 0.3 is 0 Å². The molecule has 5 nitrogen and oxygen atoms in total. The van der Waals surface area contributed by atoms with Crippen molar-refractivity contribution in [3.05, 3.63) is 24.6 Å². The van der Waals surface area contributed by atoms with Gasteiger partial charge in [-0.15, -0.1) is 0 Å². The minimum Gasteiger partial charge on any atom is -0.544 e. The second kappa shape index (κ2) is 18.1. The monoisotopic (exact) mass is 433 g/mol. The van der Waals surface area contributed by atoms with E-state index in [2.05, 4.69) is 18.0 Å². The van der Waals surface area contributed by atoms with E-state index in [4.69, 9.17) is 5.73 Å². The van der Waals surface area contributed by atoms with Gasteiger partial charge in [0.05, 0.1) is 12.2 Å². The lowest BCUT2D eigenvalue weighted by Gasteiger charge is -2.31. The lowest BCUT2D eigenvalue weighted by atomic mass is 10.0. The molecule has 2 N–H and O–H groups in total. The van der Waals surface area contributed by atoms with Crippen LogP contribution in [0.3, 0.4) is 0 Å². The standard InChI is InChI=1S/C26H47N3O2/c1-2-3-4-5-6-7-8-9-10-11-12-13-14-15-16-17-18-19-25-28-21-23-29(25,22-20-27)24-26(30)31/h18-19,21,23H,2-17,20,22,24,27H2,1H3/b19-18+. The Morgan fingerprint density at radius 1 is 0.935 bits per heavy atom. The molecule has 0 bridgehead atoms. The number of carboxylic acid groups (broad SMARTS) is 1. The number of hydrogen-bond acceptors (Lipinski definition) is 4. The van der Waals surface area contributed by atoms with Crippen molar-refractivity contribution in [2.24, 2.45) is 10.7 Å². The molecule has 178 valence electrons. The van der Waals surface area contributed by atoms with Gasteiger partial charge in [0.25, 0.3) is 0 Å². The van der Waals surface area contributed by atoms with Crippen LogP contribution in [0.1, 0.15) is 110 Å². The molecule has 0 aromatic carbocycles. The number of nitrogens with zero attached hydrogens (tertiary/aromatic N) is 2. The number of aliphatic carboxylic acids is 1. The number of allylic oxidation sites excluding steroid dienone is 1. The Hall–Kier alpha value is -1.46. The van der Waals surface area contributed by atoms with Crippen molar-refractivity contribution in [2.75, 3.05) is 19.6 Å². The van der Waals surface area contributed by atoms with E-state index in [0.29, 0.717) is 13.1 Å². The van der Waals surface area contributed by atoms with Gasteiger partial charge in [0.1, 0.15) is 19.3 Å². The molecule has 0 radical (unpaired) electrons. The van der Waals surface area contributed by atoms with Gasteiger partial charge in [-0.3, -0.25) is 0 Å². The molecule has 0 aromatic rings. The largest absolute Gasteiger partial charge is 0.544 e. The molecule has 0 fully saturated rings. The second-order valence-corrected chi connectivity index (χ2v) is 9.00. The molecule has 5 heteroatoms. The molecule has 0 saturated heterocycles. The smallest absolute Gasteiger partial charge is 0.232 e. The van der Waals surface area contributed by atoms with Gasteiger partial charge in [-0.1, -0.05) is 103 Å². The van der Waals surface area contributed by atoms with E-state index in [1.165, 1.54) is 96.3 Å². The first kappa shape index (κ1) is 27.6. The zero-order valence-electron chi connectivity index (χ0n) is 20.0. The highest BCUT2D eigenvalue weighted by molar-refractivity contribution is 5.90. The minimum absolute atomic E-state index is 0.115. The Balaban J connectivity index is 1.99. The van der Waals surface area contributed by atoms with Crippen molar-refractivity contribution in [2.45, 2.75) is 110 Å². The minimum atomic E-state index is -1.08. The van der Waals surface area contributed by atoms with Crippen LogP contribution in [0, 0.1) is 0 Å². The number of quaternary nitrogens is 1. The quantitative estimate of drug-likeness (QED) is 0.199. The molecule has 0 spiro atoms. The first-order chi connectivity index (χ1) is 15.1. The SMILES string of the molecule is CCCCCCCCCCCCCCCCC/C=C/C1=NC=C[N+]1(CCN)CC(=O)[O-]. The van der Waals surface area contributed by atoms with Crippen molar-refractivity contribution >= 4 is 11.8 Å². The Bertz CT molecular complexity index is 557. The number of carbonyl (C=O) groups is 1. The predicted octanol–water partition coefficient (Wildman–Crippen LogP) is 5.21. The third-order valence-corrected chi connectivity index (χ3v) is 6.20.